The second-order valence-electron chi connectivity index (χ2n) is 4.26. The van der Waals surface area contributed by atoms with Gasteiger partial charge in [0, 0.05) is 16.2 Å². The predicted octanol–water partition coefficient (Wildman–Crippen LogP) is 3.92. The van der Waals surface area contributed by atoms with Crippen LogP contribution in [0.25, 0.3) is 0 Å². The van der Waals surface area contributed by atoms with Crippen LogP contribution in [0.1, 0.15) is 24.2 Å². The van der Waals surface area contributed by atoms with Gasteiger partial charge >= 0.3 is 0 Å². The van der Waals surface area contributed by atoms with Crippen molar-refractivity contribution in [2.45, 2.75) is 19.9 Å². The molecule has 18 heavy (non-hydrogen) atoms. The predicted molar refractivity (Wildman–Crippen MR) is 79.0 cm³/mol. The van der Waals surface area contributed by atoms with Crippen molar-refractivity contribution in [1.82, 2.24) is 4.98 Å². The summed E-state index contributed by atoms with van der Waals surface area (Å²) in [7, 11) is 0. The third-order valence-electron chi connectivity index (χ3n) is 2.74. The Morgan fingerprint density at radius 2 is 1.94 bits per heavy atom. The minimum absolute atomic E-state index is 0.00903. The lowest BCUT2D eigenvalue weighted by molar-refractivity contribution is 0.820. The van der Waals surface area contributed by atoms with E-state index in [9.17, 15) is 0 Å². The van der Waals surface area contributed by atoms with Gasteiger partial charge in [-0.15, -0.1) is 0 Å². The molecule has 1 aromatic heterocycles. The van der Waals surface area contributed by atoms with Crippen molar-refractivity contribution in [1.29, 1.82) is 0 Å². The van der Waals surface area contributed by atoms with Gasteiger partial charge in [0.25, 0.3) is 0 Å². The van der Waals surface area contributed by atoms with Gasteiger partial charge in [-0.25, -0.2) is 4.98 Å². The molecule has 3 nitrogen and oxygen atoms in total. The summed E-state index contributed by atoms with van der Waals surface area (Å²) in [5, 5.41) is 3.31. The summed E-state index contributed by atoms with van der Waals surface area (Å²) in [5.74, 6) is 0.823. The molecule has 0 fully saturated rings. The topological polar surface area (TPSA) is 50.9 Å². The maximum atomic E-state index is 5.95. The Bertz CT molecular complexity index is 552. The molecule has 0 aliphatic rings. The molecule has 0 aliphatic heterocycles. The number of rotatable bonds is 3. The minimum atomic E-state index is -0.00903. The zero-order chi connectivity index (χ0) is 13.1. The fourth-order valence-corrected chi connectivity index (χ4v) is 1.98. The number of anilines is 2. The van der Waals surface area contributed by atoms with E-state index in [0.29, 0.717) is 0 Å². The quantitative estimate of drug-likeness (QED) is 0.903. The van der Waals surface area contributed by atoms with Crippen molar-refractivity contribution in [2.75, 3.05) is 5.32 Å². The highest BCUT2D eigenvalue weighted by atomic mass is 79.9. The van der Waals surface area contributed by atoms with Gasteiger partial charge in [-0.1, -0.05) is 18.2 Å². The standard InChI is InChI=1S/C14H16BrN3/c1-9(16)11-5-3-4-6-13(11)18-14-8-7-12(15)10(2)17-14/h3-9H,16H2,1-2H3,(H,17,18). The Morgan fingerprint density at radius 3 is 2.61 bits per heavy atom. The van der Waals surface area contributed by atoms with E-state index < -0.39 is 0 Å². The summed E-state index contributed by atoms with van der Waals surface area (Å²) in [5.41, 5.74) is 9.00. The molecule has 0 saturated heterocycles. The van der Waals surface area contributed by atoms with Crippen LogP contribution >= 0.6 is 15.9 Å². The van der Waals surface area contributed by atoms with Gasteiger partial charge in [-0.3, -0.25) is 0 Å². The molecule has 1 unspecified atom stereocenters. The van der Waals surface area contributed by atoms with Gasteiger partial charge in [-0.05, 0) is 53.5 Å². The molecule has 3 N–H and O–H groups in total. The smallest absolute Gasteiger partial charge is 0.130 e. The first-order valence-corrected chi connectivity index (χ1v) is 6.62. The van der Waals surface area contributed by atoms with E-state index in [1.54, 1.807) is 0 Å². The zero-order valence-corrected chi connectivity index (χ0v) is 12.0. The molecule has 1 atom stereocenters. The monoisotopic (exact) mass is 305 g/mol. The first-order valence-electron chi connectivity index (χ1n) is 5.82. The van der Waals surface area contributed by atoms with E-state index in [-0.39, 0.29) is 6.04 Å². The molecule has 2 rings (SSSR count). The molecular weight excluding hydrogens is 290 g/mol. The number of nitrogens with two attached hydrogens (primary N) is 1. The first-order chi connectivity index (χ1) is 8.58. The highest BCUT2D eigenvalue weighted by Crippen LogP contribution is 2.25. The van der Waals surface area contributed by atoms with E-state index in [4.69, 9.17) is 5.73 Å². The number of aryl methyl sites for hydroxylation is 1. The van der Waals surface area contributed by atoms with Crippen LogP contribution in [0.15, 0.2) is 40.9 Å². The minimum Gasteiger partial charge on any atom is -0.340 e. The normalized spacial score (nSPS) is 12.2. The summed E-state index contributed by atoms with van der Waals surface area (Å²) >= 11 is 3.44. The molecule has 0 spiro atoms. The molecule has 2 aromatic rings. The summed E-state index contributed by atoms with van der Waals surface area (Å²) in [4.78, 5) is 4.47. The summed E-state index contributed by atoms with van der Waals surface area (Å²) < 4.78 is 1.01. The second-order valence-corrected chi connectivity index (χ2v) is 5.12. The largest absolute Gasteiger partial charge is 0.340 e. The number of nitrogens with one attached hydrogen (secondary N) is 1. The van der Waals surface area contributed by atoms with Crippen molar-refractivity contribution in [3.8, 4) is 0 Å². The molecule has 4 heteroatoms. The lowest BCUT2D eigenvalue weighted by atomic mass is 10.1. The van der Waals surface area contributed by atoms with E-state index in [2.05, 4.69) is 26.2 Å². The van der Waals surface area contributed by atoms with Crippen molar-refractivity contribution >= 4 is 27.4 Å². The van der Waals surface area contributed by atoms with Crippen LogP contribution in [0.3, 0.4) is 0 Å². The van der Waals surface area contributed by atoms with Crippen LogP contribution in [0.5, 0.6) is 0 Å². The number of para-hydroxylation sites is 1. The van der Waals surface area contributed by atoms with Crippen LogP contribution in [-0.4, -0.2) is 4.98 Å². The average molecular weight is 306 g/mol. The maximum absolute atomic E-state index is 5.95. The van der Waals surface area contributed by atoms with E-state index in [0.717, 1.165) is 27.2 Å². The summed E-state index contributed by atoms with van der Waals surface area (Å²) in [6, 6.07) is 11.9. The number of benzene rings is 1. The van der Waals surface area contributed by atoms with Crippen molar-refractivity contribution < 1.29 is 0 Å². The maximum Gasteiger partial charge on any atom is 0.130 e. The lowest BCUT2D eigenvalue weighted by Crippen LogP contribution is -2.08. The Kier molecular flexibility index (Phi) is 3.99. The number of aromatic nitrogens is 1. The highest BCUT2D eigenvalue weighted by molar-refractivity contribution is 9.10. The number of halogens is 1. The number of nitrogens with zero attached hydrogens (tertiary/aromatic N) is 1. The molecule has 0 amide bonds. The van der Waals surface area contributed by atoms with Gasteiger partial charge in [0.1, 0.15) is 5.82 Å². The van der Waals surface area contributed by atoms with Gasteiger partial charge in [0.2, 0.25) is 0 Å². The lowest BCUT2D eigenvalue weighted by Gasteiger charge is -2.14. The zero-order valence-electron chi connectivity index (χ0n) is 10.4. The molecule has 1 heterocycles. The van der Waals surface area contributed by atoms with Crippen LogP contribution in [0.4, 0.5) is 11.5 Å². The van der Waals surface area contributed by atoms with Crippen molar-refractivity contribution in [3.63, 3.8) is 0 Å². The Labute approximate surface area is 116 Å². The highest BCUT2D eigenvalue weighted by Gasteiger charge is 2.07. The van der Waals surface area contributed by atoms with Crippen molar-refractivity contribution in [3.05, 3.63) is 52.1 Å². The molecular formula is C14H16BrN3. The summed E-state index contributed by atoms with van der Waals surface area (Å²) in [6.07, 6.45) is 0. The van der Waals surface area contributed by atoms with Gasteiger partial charge < -0.3 is 11.1 Å². The third-order valence-corrected chi connectivity index (χ3v) is 3.57. The van der Waals surface area contributed by atoms with Crippen LogP contribution in [-0.2, 0) is 0 Å². The van der Waals surface area contributed by atoms with Gasteiger partial charge in [0.15, 0.2) is 0 Å². The molecule has 0 radical (unpaired) electrons. The fourth-order valence-electron chi connectivity index (χ4n) is 1.76. The molecule has 94 valence electrons. The Morgan fingerprint density at radius 1 is 1.22 bits per heavy atom. The molecule has 1 aromatic carbocycles. The number of hydrogen-bond donors (Lipinski definition) is 2. The second kappa shape index (κ2) is 5.50. The molecule has 0 aliphatic carbocycles. The van der Waals surface area contributed by atoms with E-state index in [1.165, 1.54) is 0 Å². The Hall–Kier alpha value is -1.39. The average Bonchev–Trinajstić information content (AvgIpc) is 2.34. The Balaban J connectivity index is 2.31. The van der Waals surface area contributed by atoms with Crippen LogP contribution in [0, 0.1) is 6.92 Å². The third kappa shape index (κ3) is 2.89. The number of pyridine rings is 1. The van der Waals surface area contributed by atoms with Crippen LogP contribution in [0.2, 0.25) is 0 Å². The van der Waals surface area contributed by atoms with E-state index in [1.807, 2.05) is 50.2 Å². The number of hydrogen-bond acceptors (Lipinski definition) is 3. The first kappa shape index (κ1) is 13.1. The van der Waals surface area contributed by atoms with Gasteiger partial charge in [-0.2, -0.15) is 0 Å². The van der Waals surface area contributed by atoms with Gasteiger partial charge in [0.05, 0.1) is 5.69 Å². The fraction of sp³-hybridized carbons (Fsp3) is 0.214. The van der Waals surface area contributed by atoms with Crippen LogP contribution < -0.4 is 11.1 Å². The summed E-state index contributed by atoms with van der Waals surface area (Å²) in [6.45, 7) is 3.94. The SMILES string of the molecule is Cc1nc(Nc2ccccc2C(C)N)ccc1Br. The van der Waals surface area contributed by atoms with E-state index >= 15 is 0 Å². The molecule has 0 bridgehead atoms. The molecule has 0 saturated carbocycles. The van der Waals surface area contributed by atoms with Crippen molar-refractivity contribution in [2.24, 2.45) is 5.73 Å².